The molecular weight excluding hydrogens is 397 g/mol. The standard InChI is InChI=1S/C14H12BrCl2NO2S/c15-11-4-1-2-7-14(11)21(19,20)18-9-8-10-12(16)5-3-6-13(10)17/h1-7,18H,8-9H2. The third-order valence-corrected chi connectivity index (χ3v) is 6.04. The van der Waals surface area contributed by atoms with Gasteiger partial charge in [0.2, 0.25) is 10.0 Å². The molecular formula is C14H12BrCl2NO2S. The summed E-state index contributed by atoms with van der Waals surface area (Å²) in [5.41, 5.74) is 0.732. The molecule has 0 aromatic heterocycles. The van der Waals surface area contributed by atoms with Crippen molar-refractivity contribution in [1.29, 1.82) is 0 Å². The second-order valence-corrected chi connectivity index (χ2v) is 7.68. The lowest BCUT2D eigenvalue weighted by molar-refractivity contribution is 0.581. The van der Waals surface area contributed by atoms with Crippen molar-refractivity contribution in [2.45, 2.75) is 11.3 Å². The van der Waals surface area contributed by atoms with Crippen molar-refractivity contribution < 1.29 is 8.42 Å². The highest BCUT2D eigenvalue weighted by molar-refractivity contribution is 9.10. The molecule has 0 radical (unpaired) electrons. The topological polar surface area (TPSA) is 46.2 Å². The SMILES string of the molecule is O=S(=O)(NCCc1c(Cl)cccc1Cl)c1ccccc1Br. The summed E-state index contributed by atoms with van der Waals surface area (Å²) in [6.45, 7) is 0.215. The summed E-state index contributed by atoms with van der Waals surface area (Å²) in [5, 5.41) is 1.06. The molecule has 0 aliphatic heterocycles. The van der Waals surface area contributed by atoms with Gasteiger partial charge in [0.1, 0.15) is 0 Å². The lowest BCUT2D eigenvalue weighted by Crippen LogP contribution is -2.26. The fraction of sp³-hybridized carbons (Fsp3) is 0.143. The van der Waals surface area contributed by atoms with E-state index in [2.05, 4.69) is 20.7 Å². The van der Waals surface area contributed by atoms with E-state index in [1.165, 1.54) is 6.07 Å². The molecule has 2 aromatic rings. The Hall–Kier alpha value is -0.590. The van der Waals surface area contributed by atoms with Crippen molar-refractivity contribution in [2.75, 3.05) is 6.54 Å². The highest BCUT2D eigenvalue weighted by Gasteiger charge is 2.16. The summed E-state index contributed by atoms with van der Waals surface area (Å²) in [5.74, 6) is 0. The maximum Gasteiger partial charge on any atom is 0.241 e. The maximum absolute atomic E-state index is 12.2. The third kappa shape index (κ3) is 4.20. The molecule has 0 spiro atoms. The van der Waals surface area contributed by atoms with E-state index in [-0.39, 0.29) is 11.4 Å². The number of halogens is 3. The van der Waals surface area contributed by atoms with Crippen molar-refractivity contribution in [3.63, 3.8) is 0 Å². The van der Waals surface area contributed by atoms with E-state index in [1.54, 1.807) is 36.4 Å². The van der Waals surface area contributed by atoms with Crippen LogP contribution in [0.1, 0.15) is 5.56 Å². The van der Waals surface area contributed by atoms with E-state index in [1.807, 2.05) is 0 Å². The van der Waals surface area contributed by atoms with E-state index in [9.17, 15) is 8.42 Å². The van der Waals surface area contributed by atoms with Crippen molar-refractivity contribution in [3.8, 4) is 0 Å². The van der Waals surface area contributed by atoms with Gasteiger partial charge in [-0.2, -0.15) is 0 Å². The molecule has 0 aliphatic carbocycles. The third-order valence-electron chi connectivity index (χ3n) is 2.85. The molecule has 7 heteroatoms. The van der Waals surface area contributed by atoms with Gasteiger partial charge in [-0.15, -0.1) is 0 Å². The first kappa shape index (κ1) is 16.8. The molecule has 2 aromatic carbocycles. The highest BCUT2D eigenvalue weighted by Crippen LogP contribution is 2.25. The number of sulfonamides is 1. The Balaban J connectivity index is 2.08. The average molecular weight is 409 g/mol. The van der Waals surface area contributed by atoms with Crippen molar-refractivity contribution in [2.24, 2.45) is 0 Å². The van der Waals surface area contributed by atoms with E-state index >= 15 is 0 Å². The zero-order chi connectivity index (χ0) is 15.5. The maximum atomic E-state index is 12.2. The van der Waals surface area contributed by atoms with Crippen molar-refractivity contribution >= 4 is 49.2 Å². The first-order valence-corrected chi connectivity index (χ1v) is 9.12. The van der Waals surface area contributed by atoms with Gasteiger partial charge in [0.15, 0.2) is 0 Å². The van der Waals surface area contributed by atoms with Crippen molar-refractivity contribution in [1.82, 2.24) is 4.72 Å². The van der Waals surface area contributed by atoms with Crippen LogP contribution in [0.2, 0.25) is 10.0 Å². The van der Waals surface area contributed by atoms with Crippen LogP contribution in [0.15, 0.2) is 51.8 Å². The largest absolute Gasteiger partial charge is 0.241 e. The van der Waals surface area contributed by atoms with E-state index in [0.717, 1.165) is 5.56 Å². The first-order chi connectivity index (χ1) is 9.92. The van der Waals surface area contributed by atoms with Crippen LogP contribution in [0.25, 0.3) is 0 Å². The highest BCUT2D eigenvalue weighted by atomic mass is 79.9. The Bertz CT molecular complexity index is 730. The Morgan fingerprint density at radius 1 is 1.00 bits per heavy atom. The minimum atomic E-state index is -3.57. The molecule has 0 saturated carbocycles. The molecule has 0 bridgehead atoms. The number of nitrogens with one attached hydrogen (secondary N) is 1. The predicted octanol–water partition coefficient (Wildman–Crippen LogP) is 4.28. The van der Waals surface area contributed by atoms with Crippen LogP contribution in [0.4, 0.5) is 0 Å². The molecule has 0 saturated heterocycles. The van der Waals surface area contributed by atoms with Gasteiger partial charge < -0.3 is 0 Å². The Labute approximate surface area is 142 Å². The smallest absolute Gasteiger partial charge is 0.211 e. The molecule has 0 atom stereocenters. The molecule has 1 N–H and O–H groups in total. The molecule has 21 heavy (non-hydrogen) atoms. The Morgan fingerprint density at radius 2 is 1.62 bits per heavy atom. The van der Waals surface area contributed by atoms with Gasteiger partial charge in [-0.1, -0.05) is 41.4 Å². The summed E-state index contributed by atoms with van der Waals surface area (Å²) >= 11 is 15.3. The van der Waals surface area contributed by atoms with Crippen LogP contribution in [-0.4, -0.2) is 15.0 Å². The quantitative estimate of drug-likeness (QED) is 0.802. The second kappa shape index (κ2) is 7.11. The number of benzene rings is 2. The summed E-state index contributed by atoms with van der Waals surface area (Å²) in [6, 6.07) is 11.8. The van der Waals surface area contributed by atoms with Gasteiger partial charge in [-0.25, -0.2) is 13.1 Å². The van der Waals surface area contributed by atoms with Gasteiger partial charge in [0, 0.05) is 21.1 Å². The van der Waals surface area contributed by atoms with Crippen LogP contribution in [0.5, 0.6) is 0 Å². The molecule has 0 amide bonds. The minimum Gasteiger partial charge on any atom is -0.211 e. The van der Waals surface area contributed by atoms with Gasteiger partial charge in [-0.3, -0.25) is 0 Å². The molecule has 0 aliphatic rings. The molecule has 112 valence electrons. The minimum absolute atomic E-state index is 0.204. The van der Waals surface area contributed by atoms with Crippen LogP contribution in [0.3, 0.4) is 0 Å². The summed E-state index contributed by atoms with van der Waals surface area (Å²) in [6.07, 6.45) is 0.419. The van der Waals surface area contributed by atoms with Gasteiger partial charge in [0.25, 0.3) is 0 Å². The molecule has 0 fully saturated rings. The fourth-order valence-electron chi connectivity index (χ4n) is 1.82. The van der Waals surface area contributed by atoms with Crippen LogP contribution >= 0.6 is 39.1 Å². The monoisotopic (exact) mass is 407 g/mol. The molecule has 3 nitrogen and oxygen atoms in total. The van der Waals surface area contributed by atoms with Gasteiger partial charge in [-0.05, 0) is 52.2 Å². The number of hydrogen-bond acceptors (Lipinski definition) is 2. The van der Waals surface area contributed by atoms with Crippen LogP contribution < -0.4 is 4.72 Å². The first-order valence-electron chi connectivity index (χ1n) is 6.09. The van der Waals surface area contributed by atoms with E-state index in [0.29, 0.717) is 20.9 Å². The van der Waals surface area contributed by atoms with Gasteiger partial charge >= 0.3 is 0 Å². The molecule has 2 rings (SSSR count). The Morgan fingerprint density at radius 3 is 2.24 bits per heavy atom. The lowest BCUT2D eigenvalue weighted by Gasteiger charge is -2.10. The zero-order valence-electron chi connectivity index (χ0n) is 10.8. The second-order valence-electron chi connectivity index (χ2n) is 4.28. The number of hydrogen-bond donors (Lipinski definition) is 1. The predicted molar refractivity (Wildman–Crippen MR) is 89.5 cm³/mol. The van der Waals surface area contributed by atoms with Gasteiger partial charge in [0.05, 0.1) is 4.90 Å². The molecule has 0 unspecified atom stereocenters. The average Bonchev–Trinajstić information content (AvgIpc) is 2.42. The van der Waals surface area contributed by atoms with Crippen LogP contribution in [-0.2, 0) is 16.4 Å². The lowest BCUT2D eigenvalue weighted by atomic mass is 10.1. The fourth-order valence-corrected chi connectivity index (χ4v) is 4.44. The molecule has 0 heterocycles. The van der Waals surface area contributed by atoms with Crippen molar-refractivity contribution in [3.05, 3.63) is 62.5 Å². The zero-order valence-corrected chi connectivity index (χ0v) is 14.7. The Kier molecular flexibility index (Phi) is 5.68. The number of rotatable bonds is 5. The summed E-state index contributed by atoms with van der Waals surface area (Å²) < 4.78 is 27.5. The normalized spacial score (nSPS) is 11.6. The summed E-state index contributed by atoms with van der Waals surface area (Å²) in [7, 11) is -3.57. The van der Waals surface area contributed by atoms with Crippen LogP contribution in [0, 0.1) is 0 Å². The van der Waals surface area contributed by atoms with E-state index in [4.69, 9.17) is 23.2 Å². The van der Waals surface area contributed by atoms with E-state index < -0.39 is 10.0 Å². The summed E-state index contributed by atoms with van der Waals surface area (Å²) in [4.78, 5) is 0.204.